The number of hydrogen-bond acceptors (Lipinski definition) is 2. The van der Waals surface area contributed by atoms with Crippen LogP contribution in [-0.4, -0.2) is 0 Å². The third-order valence-corrected chi connectivity index (χ3v) is 3.11. The molecule has 5 heteroatoms. The highest BCUT2D eigenvalue weighted by atomic mass is 35.5. The molecule has 0 saturated carbocycles. The van der Waals surface area contributed by atoms with Gasteiger partial charge in [-0.2, -0.15) is 0 Å². The van der Waals surface area contributed by atoms with Crippen LogP contribution in [0, 0.1) is 11.6 Å². The highest BCUT2D eigenvalue weighted by Crippen LogP contribution is 2.29. The molecule has 0 aliphatic heterocycles. The number of halogens is 3. The molecular weight excluding hydrogens is 270 g/mol. The smallest absolute Gasteiger partial charge is 0.183 e. The Hall–Kier alpha value is -1.81. The van der Waals surface area contributed by atoms with Gasteiger partial charge in [0.15, 0.2) is 11.6 Å². The van der Waals surface area contributed by atoms with Gasteiger partial charge in [-0.3, -0.25) is 0 Å². The molecule has 2 aromatic rings. The predicted octanol–water partition coefficient (Wildman–Crippen LogP) is 4.37. The Kier molecular flexibility index (Phi) is 3.90. The van der Waals surface area contributed by atoms with E-state index in [1.165, 1.54) is 6.07 Å². The first kappa shape index (κ1) is 13.6. The van der Waals surface area contributed by atoms with Crippen molar-refractivity contribution in [2.45, 2.75) is 13.0 Å². The first-order chi connectivity index (χ1) is 8.99. The second-order valence-electron chi connectivity index (χ2n) is 4.24. The molecule has 0 bridgehead atoms. The highest BCUT2D eigenvalue weighted by molar-refractivity contribution is 6.30. The first-order valence-electron chi connectivity index (χ1n) is 5.74. The van der Waals surface area contributed by atoms with E-state index < -0.39 is 11.6 Å². The molecule has 0 aliphatic carbocycles. The third-order valence-electron chi connectivity index (χ3n) is 2.86. The maximum absolute atomic E-state index is 13.7. The Morgan fingerprint density at radius 1 is 1.11 bits per heavy atom. The quantitative estimate of drug-likeness (QED) is 0.820. The van der Waals surface area contributed by atoms with E-state index in [9.17, 15) is 8.78 Å². The fourth-order valence-corrected chi connectivity index (χ4v) is 1.89. The number of rotatable bonds is 3. The van der Waals surface area contributed by atoms with Gasteiger partial charge in [-0.1, -0.05) is 23.7 Å². The molecule has 2 nitrogen and oxygen atoms in total. The van der Waals surface area contributed by atoms with E-state index in [1.807, 2.05) is 19.1 Å². The fraction of sp³-hybridized carbons (Fsp3) is 0.143. The molecule has 0 amide bonds. The van der Waals surface area contributed by atoms with Crippen LogP contribution in [-0.2, 0) is 0 Å². The maximum atomic E-state index is 13.7. The molecule has 0 saturated heterocycles. The molecule has 100 valence electrons. The van der Waals surface area contributed by atoms with Crippen molar-refractivity contribution in [3.8, 4) is 0 Å². The average molecular weight is 283 g/mol. The van der Waals surface area contributed by atoms with Crippen LogP contribution in [0.1, 0.15) is 18.5 Å². The van der Waals surface area contributed by atoms with E-state index in [-0.39, 0.29) is 17.4 Å². The van der Waals surface area contributed by atoms with Crippen LogP contribution in [0.3, 0.4) is 0 Å². The van der Waals surface area contributed by atoms with E-state index in [1.54, 1.807) is 12.1 Å². The van der Waals surface area contributed by atoms with Gasteiger partial charge in [-0.15, -0.1) is 0 Å². The van der Waals surface area contributed by atoms with Crippen LogP contribution in [0.4, 0.5) is 20.2 Å². The SMILES string of the molecule is CC(Nc1c(N)ccc(F)c1F)c1ccc(Cl)cc1. The van der Waals surface area contributed by atoms with Crippen LogP contribution >= 0.6 is 11.6 Å². The highest BCUT2D eigenvalue weighted by Gasteiger charge is 2.14. The van der Waals surface area contributed by atoms with E-state index in [2.05, 4.69) is 5.32 Å². The van der Waals surface area contributed by atoms with Crippen molar-refractivity contribution in [3.05, 3.63) is 58.6 Å². The van der Waals surface area contributed by atoms with Gasteiger partial charge in [0.05, 0.1) is 11.4 Å². The van der Waals surface area contributed by atoms with Crippen LogP contribution in [0.15, 0.2) is 36.4 Å². The van der Waals surface area contributed by atoms with Crippen molar-refractivity contribution in [1.82, 2.24) is 0 Å². The summed E-state index contributed by atoms with van der Waals surface area (Å²) in [5.41, 5.74) is 6.69. The summed E-state index contributed by atoms with van der Waals surface area (Å²) in [6, 6.07) is 9.20. The third kappa shape index (κ3) is 2.96. The van der Waals surface area contributed by atoms with Crippen LogP contribution in [0.25, 0.3) is 0 Å². The van der Waals surface area contributed by atoms with Gasteiger partial charge in [0.1, 0.15) is 0 Å². The topological polar surface area (TPSA) is 38.0 Å². The largest absolute Gasteiger partial charge is 0.397 e. The van der Waals surface area contributed by atoms with Crippen LogP contribution in [0.5, 0.6) is 0 Å². The molecule has 1 unspecified atom stereocenters. The number of nitrogens with two attached hydrogens (primary N) is 1. The number of nitrogen functional groups attached to an aromatic ring is 1. The summed E-state index contributed by atoms with van der Waals surface area (Å²) in [6.45, 7) is 1.83. The van der Waals surface area contributed by atoms with Gasteiger partial charge in [0.25, 0.3) is 0 Å². The minimum atomic E-state index is -0.971. The van der Waals surface area contributed by atoms with Crippen molar-refractivity contribution >= 4 is 23.0 Å². The lowest BCUT2D eigenvalue weighted by atomic mass is 10.1. The van der Waals surface area contributed by atoms with E-state index in [0.29, 0.717) is 5.02 Å². The van der Waals surface area contributed by atoms with Crippen LogP contribution < -0.4 is 11.1 Å². The second kappa shape index (κ2) is 5.45. The monoisotopic (exact) mass is 282 g/mol. The van der Waals surface area contributed by atoms with Gasteiger partial charge in [0, 0.05) is 11.1 Å². The summed E-state index contributed by atoms with van der Waals surface area (Å²) in [5.74, 6) is -1.90. The van der Waals surface area contributed by atoms with Crippen LogP contribution in [0.2, 0.25) is 5.02 Å². The molecule has 0 spiro atoms. The molecule has 0 aromatic heterocycles. The van der Waals surface area contributed by atoms with E-state index in [0.717, 1.165) is 11.6 Å². The normalized spacial score (nSPS) is 12.2. The molecule has 0 aliphatic rings. The zero-order chi connectivity index (χ0) is 14.0. The summed E-state index contributed by atoms with van der Waals surface area (Å²) in [5, 5.41) is 3.49. The van der Waals surface area contributed by atoms with Crippen molar-refractivity contribution in [2.75, 3.05) is 11.1 Å². The summed E-state index contributed by atoms with van der Waals surface area (Å²) in [4.78, 5) is 0. The lowest BCUT2D eigenvalue weighted by molar-refractivity contribution is 0.510. The Morgan fingerprint density at radius 3 is 2.37 bits per heavy atom. The van der Waals surface area contributed by atoms with E-state index in [4.69, 9.17) is 17.3 Å². The molecule has 1 atom stereocenters. The molecule has 0 fully saturated rings. The Labute approximate surface area is 115 Å². The van der Waals surface area contributed by atoms with E-state index >= 15 is 0 Å². The van der Waals surface area contributed by atoms with Gasteiger partial charge < -0.3 is 11.1 Å². The minimum Gasteiger partial charge on any atom is -0.397 e. The number of benzene rings is 2. The molecule has 0 heterocycles. The zero-order valence-corrected chi connectivity index (χ0v) is 11.0. The Morgan fingerprint density at radius 2 is 1.74 bits per heavy atom. The van der Waals surface area contributed by atoms with Gasteiger partial charge in [-0.25, -0.2) is 8.78 Å². The average Bonchev–Trinajstić information content (AvgIpc) is 2.40. The van der Waals surface area contributed by atoms with Crippen molar-refractivity contribution in [3.63, 3.8) is 0 Å². The Balaban J connectivity index is 2.26. The number of anilines is 2. The molecule has 0 radical (unpaired) electrons. The maximum Gasteiger partial charge on any atom is 0.183 e. The predicted molar refractivity (Wildman–Crippen MR) is 74.3 cm³/mol. The molecule has 2 rings (SSSR count). The first-order valence-corrected chi connectivity index (χ1v) is 6.12. The van der Waals surface area contributed by atoms with Gasteiger partial charge in [-0.05, 0) is 36.8 Å². The standard InChI is InChI=1S/C14H13ClF2N2/c1-8(9-2-4-10(15)5-3-9)19-14-12(18)7-6-11(16)13(14)17/h2-8,19H,18H2,1H3. The van der Waals surface area contributed by atoms with Crippen molar-refractivity contribution in [1.29, 1.82) is 0 Å². The minimum absolute atomic E-state index is 0.0255. The van der Waals surface area contributed by atoms with Crippen molar-refractivity contribution < 1.29 is 8.78 Å². The molecule has 19 heavy (non-hydrogen) atoms. The summed E-state index contributed by atoms with van der Waals surface area (Å²) < 4.78 is 26.8. The second-order valence-corrected chi connectivity index (χ2v) is 4.68. The molecular formula is C14H13ClF2N2. The zero-order valence-electron chi connectivity index (χ0n) is 10.3. The number of hydrogen-bond donors (Lipinski definition) is 2. The Bertz CT molecular complexity index is 585. The van der Waals surface area contributed by atoms with Crippen molar-refractivity contribution in [2.24, 2.45) is 0 Å². The lowest BCUT2D eigenvalue weighted by Crippen LogP contribution is -2.10. The molecule has 2 aromatic carbocycles. The lowest BCUT2D eigenvalue weighted by Gasteiger charge is -2.18. The number of nitrogens with one attached hydrogen (secondary N) is 1. The summed E-state index contributed by atoms with van der Waals surface area (Å²) in [6.07, 6.45) is 0. The van der Waals surface area contributed by atoms with Gasteiger partial charge in [0.2, 0.25) is 0 Å². The molecule has 3 N–H and O–H groups in total. The summed E-state index contributed by atoms with van der Waals surface area (Å²) >= 11 is 5.80. The fourth-order valence-electron chi connectivity index (χ4n) is 1.76. The summed E-state index contributed by atoms with van der Waals surface area (Å²) in [7, 11) is 0. The van der Waals surface area contributed by atoms with Gasteiger partial charge >= 0.3 is 0 Å².